The number of fused-ring (bicyclic) bond motifs is 1. The Labute approximate surface area is 187 Å². The van der Waals surface area contributed by atoms with E-state index in [-0.39, 0.29) is 45.3 Å². The van der Waals surface area contributed by atoms with Crippen LogP contribution in [0.4, 0.5) is 0 Å². The number of benzene rings is 2. The fourth-order valence-electron chi connectivity index (χ4n) is 3.92. The van der Waals surface area contributed by atoms with Gasteiger partial charge in [0, 0.05) is 34.9 Å². The Morgan fingerprint density at radius 3 is 1.37 bits per heavy atom. The van der Waals surface area contributed by atoms with Crippen LogP contribution in [0.3, 0.4) is 0 Å². The predicted octanol–water partition coefficient (Wildman–Crippen LogP) is 5.60. The number of hydrogen-bond donors (Lipinski definition) is 1. The van der Waals surface area contributed by atoms with Gasteiger partial charge in [0.05, 0.1) is 0 Å². The minimum atomic E-state index is -4.39. The molecule has 145 valence electrons. The van der Waals surface area contributed by atoms with Crippen molar-refractivity contribution in [3.05, 3.63) is 41.0 Å². The Hall–Kier alpha value is -0.390. The molecule has 0 spiro atoms. The molecule has 0 aliphatic carbocycles. The normalized spacial score (nSPS) is 13.6. The van der Waals surface area contributed by atoms with Crippen molar-refractivity contribution in [2.24, 2.45) is 0 Å². The average Bonchev–Trinajstić information content (AvgIpc) is 2.40. The van der Waals surface area contributed by atoms with Gasteiger partial charge >= 0.3 is 0 Å². The van der Waals surface area contributed by atoms with E-state index in [1.54, 1.807) is 6.07 Å². The summed E-state index contributed by atoms with van der Waals surface area (Å²) in [6.07, 6.45) is 0. The zero-order valence-corrected chi connectivity index (χ0v) is 21.3. The molecule has 0 amide bonds. The first-order valence-electron chi connectivity index (χ1n) is 9.05. The molecular weight excluding hydrogens is 367 g/mol. The van der Waals surface area contributed by atoms with Crippen molar-refractivity contribution in [2.45, 2.75) is 83.5 Å². The Kier molecular flexibility index (Phi) is 6.81. The molecule has 27 heavy (non-hydrogen) atoms. The Balaban J connectivity index is 0.00000364. The second kappa shape index (κ2) is 7.46. The van der Waals surface area contributed by atoms with Gasteiger partial charge in [-0.05, 0) is 38.3 Å². The maximum Gasteiger partial charge on any atom is 0.295 e. The van der Waals surface area contributed by atoms with Crippen LogP contribution in [-0.4, -0.2) is 42.5 Å². The fourth-order valence-corrected chi connectivity index (χ4v) is 5.04. The van der Waals surface area contributed by atoms with Gasteiger partial charge in [-0.1, -0.05) is 86.6 Å². The Bertz CT molecular complexity index is 954. The van der Waals surface area contributed by atoms with Gasteiger partial charge in [0.1, 0.15) is 4.90 Å². The molecule has 0 aliphatic heterocycles. The van der Waals surface area contributed by atoms with Crippen LogP contribution in [0.2, 0.25) is 0 Å². The van der Waals surface area contributed by atoms with E-state index >= 15 is 0 Å². The molecule has 0 saturated heterocycles. The third-order valence-corrected chi connectivity index (χ3v) is 5.62. The quantitative estimate of drug-likeness (QED) is 0.502. The molecule has 1 N–H and O–H groups in total. The summed E-state index contributed by atoms with van der Waals surface area (Å²) >= 11 is 0. The van der Waals surface area contributed by atoms with Gasteiger partial charge in [-0.3, -0.25) is 4.55 Å². The first-order valence-corrected chi connectivity index (χ1v) is 10.5. The van der Waals surface area contributed by atoms with Crippen molar-refractivity contribution in [1.29, 1.82) is 0 Å². The molecular formula is C22H32NaO3S. The average molecular weight is 400 g/mol. The first kappa shape index (κ1) is 24.6. The minimum Gasteiger partial charge on any atom is -0.282 e. The van der Waals surface area contributed by atoms with Crippen LogP contribution in [0.1, 0.15) is 79.0 Å². The summed E-state index contributed by atoms with van der Waals surface area (Å²) < 4.78 is 35.2. The van der Waals surface area contributed by atoms with E-state index in [0.717, 1.165) is 22.1 Å². The summed E-state index contributed by atoms with van der Waals surface area (Å²) in [6, 6.07) is 7.52. The molecule has 0 unspecified atom stereocenters. The third-order valence-electron chi connectivity index (χ3n) is 4.68. The molecule has 0 atom stereocenters. The SMILES string of the molecule is CC(C)(C)c1c(C(C)(C)C)c(S(=O)(=O)O)c2ccccc2c1C(C)(C)C.[Na]. The molecule has 0 heterocycles. The van der Waals surface area contributed by atoms with E-state index in [1.807, 2.05) is 39.0 Å². The molecule has 2 aromatic rings. The molecule has 3 nitrogen and oxygen atoms in total. The molecule has 0 fully saturated rings. The van der Waals surface area contributed by atoms with Crippen LogP contribution in [0, 0.1) is 0 Å². The molecule has 1 radical (unpaired) electrons. The van der Waals surface area contributed by atoms with Crippen molar-refractivity contribution in [1.82, 2.24) is 0 Å². The van der Waals surface area contributed by atoms with Gasteiger partial charge in [0.15, 0.2) is 0 Å². The third kappa shape index (κ3) is 4.79. The van der Waals surface area contributed by atoms with Crippen LogP contribution in [0.25, 0.3) is 10.8 Å². The van der Waals surface area contributed by atoms with Crippen LogP contribution < -0.4 is 0 Å². The molecule has 2 rings (SSSR count). The number of hydrogen-bond acceptors (Lipinski definition) is 2. The predicted molar refractivity (Wildman–Crippen MR) is 116 cm³/mol. The second-order valence-electron chi connectivity index (χ2n) is 10.2. The van der Waals surface area contributed by atoms with E-state index in [4.69, 9.17) is 0 Å². The molecule has 2 aromatic carbocycles. The largest absolute Gasteiger partial charge is 0.295 e. The fraction of sp³-hybridized carbons (Fsp3) is 0.545. The maximum atomic E-state index is 12.5. The number of rotatable bonds is 1. The molecule has 5 heteroatoms. The Morgan fingerprint density at radius 1 is 0.667 bits per heavy atom. The smallest absolute Gasteiger partial charge is 0.282 e. The maximum absolute atomic E-state index is 12.5. The van der Waals surface area contributed by atoms with Gasteiger partial charge in [-0.25, -0.2) is 0 Å². The summed E-state index contributed by atoms with van der Waals surface area (Å²) in [6.45, 7) is 18.8. The molecule has 0 aliphatic rings. The van der Waals surface area contributed by atoms with Crippen molar-refractivity contribution >= 4 is 50.4 Å². The summed E-state index contributed by atoms with van der Waals surface area (Å²) in [5.74, 6) is 0. The zero-order valence-electron chi connectivity index (χ0n) is 18.5. The van der Waals surface area contributed by atoms with Crippen molar-refractivity contribution < 1.29 is 13.0 Å². The summed E-state index contributed by atoms with van der Waals surface area (Å²) in [5, 5.41) is 1.49. The second-order valence-corrected chi connectivity index (χ2v) is 11.6. The van der Waals surface area contributed by atoms with Crippen LogP contribution >= 0.6 is 0 Å². The summed E-state index contributed by atoms with van der Waals surface area (Å²) in [4.78, 5) is 0.0542. The monoisotopic (exact) mass is 399 g/mol. The Morgan fingerprint density at radius 2 is 1.04 bits per heavy atom. The van der Waals surface area contributed by atoms with Crippen LogP contribution in [0.5, 0.6) is 0 Å². The minimum absolute atomic E-state index is 0. The molecule has 0 aromatic heterocycles. The topological polar surface area (TPSA) is 54.4 Å². The molecule has 0 bridgehead atoms. The van der Waals surface area contributed by atoms with Gasteiger partial charge in [0.25, 0.3) is 10.1 Å². The zero-order chi connectivity index (χ0) is 20.3. The van der Waals surface area contributed by atoms with Gasteiger partial charge in [-0.15, -0.1) is 0 Å². The van der Waals surface area contributed by atoms with Gasteiger partial charge < -0.3 is 0 Å². The van der Waals surface area contributed by atoms with Crippen LogP contribution in [0.15, 0.2) is 29.2 Å². The van der Waals surface area contributed by atoms with E-state index in [9.17, 15) is 13.0 Å². The standard InChI is InChI=1S/C22H32O3S.Na/c1-20(2,3)16-14-12-10-11-13-15(14)19(26(23,24)25)18(22(7,8)9)17(16)21(4,5)6;/h10-13H,1-9H3,(H,23,24,25);. The van der Waals surface area contributed by atoms with Gasteiger partial charge in [-0.2, -0.15) is 8.42 Å². The van der Waals surface area contributed by atoms with Crippen molar-refractivity contribution in [2.75, 3.05) is 0 Å². The van der Waals surface area contributed by atoms with Crippen molar-refractivity contribution in [3.63, 3.8) is 0 Å². The van der Waals surface area contributed by atoms with E-state index in [0.29, 0.717) is 5.39 Å². The van der Waals surface area contributed by atoms with Crippen LogP contribution in [-0.2, 0) is 26.4 Å². The van der Waals surface area contributed by atoms with E-state index < -0.39 is 15.5 Å². The molecule has 0 saturated carbocycles. The van der Waals surface area contributed by atoms with Gasteiger partial charge in [0.2, 0.25) is 0 Å². The van der Waals surface area contributed by atoms with Crippen molar-refractivity contribution in [3.8, 4) is 0 Å². The van der Waals surface area contributed by atoms with E-state index in [1.165, 1.54) is 0 Å². The van der Waals surface area contributed by atoms with E-state index in [2.05, 4.69) is 41.5 Å². The summed E-state index contributed by atoms with van der Waals surface area (Å²) in [7, 11) is -4.39. The first-order chi connectivity index (χ1) is 11.5. The summed E-state index contributed by atoms with van der Waals surface area (Å²) in [5.41, 5.74) is 1.98.